The number of phenols is 2. The lowest BCUT2D eigenvalue weighted by Gasteiger charge is -2.10. The number of halogens is 2. The molecule has 0 saturated heterocycles. The van der Waals surface area contributed by atoms with Crippen LogP contribution in [0.3, 0.4) is 0 Å². The highest BCUT2D eigenvalue weighted by molar-refractivity contribution is 9.11. The molecule has 0 fully saturated rings. The molecule has 5 nitrogen and oxygen atoms in total. The first-order chi connectivity index (χ1) is 13.5. The number of hydrogen-bond acceptors (Lipinski definition) is 5. The van der Waals surface area contributed by atoms with Gasteiger partial charge in [-0.2, -0.15) is 0 Å². The van der Waals surface area contributed by atoms with Crippen molar-refractivity contribution in [2.75, 3.05) is 0 Å². The standard InChI is InChI=1S/C21H13Br2N3O2/c22-13-9-12(10-14(23)11-13)19-24-20(15-5-1-3-7-17(15)27)26-21(25-19)16-6-2-4-8-18(16)28/h1-11,27-28H. The molecule has 3 aromatic carbocycles. The molecule has 138 valence electrons. The van der Waals surface area contributed by atoms with Gasteiger partial charge in [0, 0.05) is 14.5 Å². The Labute approximate surface area is 178 Å². The van der Waals surface area contributed by atoms with Gasteiger partial charge in [0.25, 0.3) is 0 Å². The van der Waals surface area contributed by atoms with Gasteiger partial charge in [-0.05, 0) is 42.5 Å². The van der Waals surface area contributed by atoms with Crippen LogP contribution in [0.15, 0.2) is 75.7 Å². The van der Waals surface area contributed by atoms with Gasteiger partial charge in [-0.3, -0.25) is 0 Å². The van der Waals surface area contributed by atoms with Crippen molar-refractivity contribution in [3.8, 4) is 45.7 Å². The molecule has 2 N–H and O–H groups in total. The third-order valence-corrected chi connectivity index (χ3v) is 4.96. The average Bonchev–Trinajstić information content (AvgIpc) is 2.67. The van der Waals surface area contributed by atoms with Gasteiger partial charge >= 0.3 is 0 Å². The average molecular weight is 499 g/mol. The Kier molecular flexibility index (Phi) is 5.11. The molecule has 0 amide bonds. The predicted molar refractivity (Wildman–Crippen MR) is 115 cm³/mol. The van der Waals surface area contributed by atoms with Crippen LogP contribution in [-0.4, -0.2) is 25.2 Å². The molecule has 4 aromatic rings. The normalized spacial score (nSPS) is 10.8. The van der Waals surface area contributed by atoms with E-state index in [-0.39, 0.29) is 11.5 Å². The van der Waals surface area contributed by atoms with Crippen molar-refractivity contribution < 1.29 is 10.2 Å². The Morgan fingerprint density at radius 2 is 1.00 bits per heavy atom. The minimum atomic E-state index is 0.0679. The second-order valence-corrected chi connectivity index (χ2v) is 7.83. The molecule has 0 spiro atoms. The highest BCUT2D eigenvalue weighted by Crippen LogP contribution is 2.33. The number of hydrogen-bond donors (Lipinski definition) is 2. The first-order valence-electron chi connectivity index (χ1n) is 8.30. The summed E-state index contributed by atoms with van der Waals surface area (Å²) < 4.78 is 1.73. The zero-order valence-electron chi connectivity index (χ0n) is 14.3. The molecule has 0 saturated carbocycles. The smallest absolute Gasteiger partial charge is 0.167 e. The van der Waals surface area contributed by atoms with Crippen LogP contribution in [0.2, 0.25) is 0 Å². The van der Waals surface area contributed by atoms with Gasteiger partial charge in [0.2, 0.25) is 0 Å². The molecule has 0 aliphatic carbocycles. The molecule has 0 bridgehead atoms. The van der Waals surface area contributed by atoms with E-state index in [1.54, 1.807) is 48.5 Å². The van der Waals surface area contributed by atoms with Crippen molar-refractivity contribution >= 4 is 31.9 Å². The van der Waals surface area contributed by atoms with Gasteiger partial charge in [-0.25, -0.2) is 15.0 Å². The lowest BCUT2D eigenvalue weighted by Crippen LogP contribution is -2.00. The van der Waals surface area contributed by atoms with Crippen LogP contribution in [0.5, 0.6) is 11.5 Å². The summed E-state index contributed by atoms with van der Waals surface area (Å²) in [5.41, 5.74) is 1.73. The quantitative estimate of drug-likeness (QED) is 0.372. The van der Waals surface area contributed by atoms with E-state index < -0.39 is 0 Å². The first kappa shape index (κ1) is 18.6. The zero-order chi connectivity index (χ0) is 19.7. The number of rotatable bonds is 3. The molecular weight excluding hydrogens is 486 g/mol. The topological polar surface area (TPSA) is 79.1 Å². The van der Waals surface area contributed by atoms with Gasteiger partial charge in [0.1, 0.15) is 11.5 Å². The molecule has 1 aromatic heterocycles. The Balaban J connectivity index is 1.99. The number of aromatic nitrogens is 3. The highest BCUT2D eigenvalue weighted by atomic mass is 79.9. The molecule has 28 heavy (non-hydrogen) atoms. The fourth-order valence-electron chi connectivity index (χ4n) is 2.75. The van der Waals surface area contributed by atoms with E-state index in [0.29, 0.717) is 28.6 Å². The van der Waals surface area contributed by atoms with Crippen LogP contribution in [0.1, 0.15) is 0 Å². The molecule has 7 heteroatoms. The van der Waals surface area contributed by atoms with E-state index in [1.165, 1.54) is 0 Å². The first-order valence-corrected chi connectivity index (χ1v) is 9.89. The Hall–Kier alpha value is -2.77. The van der Waals surface area contributed by atoms with Gasteiger partial charge < -0.3 is 10.2 Å². The number of para-hydroxylation sites is 2. The van der Waals surface area contributed by atoms with Crippen molar-refractivity contribution in [3.05, 3.63) is 75.7 Å². The summed E-state index contributed by atoms with van der Waals surface area (Å²) >= 11 is 6.96. The van der Waals surface area contributed by atoms with Gasteiger partial charge in [0.15, 0.2) is 17.5 Å². The number of phenolic OH excluding ortho intramolecular Hbond substituents is 2. The van der Waals surface area contributed by atoms with E-state index in [9.17, 15) is 10.2 Å². The van der Waals surface area contributed by atoms with Crippen LogP contribution in [0, 0.1) is 0 Å². The summed E-state index contributed by atoms with van der Waals surface area (Å²) in [6.07, 6.45) is 0. The van der Waals surface area contributed by atoms with Crippen LogP contribution in [0.4, 0.5) is 0 Å². The van der Waals surface area contributed by atoms with Crippen molar-refractivity contribution in [2.24, 2.45) is 0 Å². The lowest BCUT2D eigenvalue weighted by molar-refractivity contribution is 0.477. The third kappa shape index (κ3) is 3.76. The second-order valence-electron chi connectivity index (χ2n) is 6.00. The number of benzene rings is 3. The minimum Gasteiger partial charge on any atom is -0.507 e. The molecule has 4 rings (SSSR count). The predicted octanol–water partition coefficient (Wildman–Crippen LogP) is 5.81. The second kappa shape index (κ2) is 7.69. The third-order valence-electron chi connectivity index (χ3n) is 4.05. The van der Waals surface area contributed by atoms with Crippen molar-refractivity contribution in [3.63, 3.8) is 0 Å². The zero-order valence-corrected chi connectivity index (χ0v) is 17.5. The van der Waals surface area contributed by atoms with E-state index in [2.05, 4.69) is 46.8 Å². The lowest BCUT2D eigenvalue weighted by atomic mass is 10.1. The van der Waals surface area contributed by atoms with Crippen molar-refractivity contribution in [2.45, 2.75) is 0 Å². The monoisotopic (exact) mass is 497 g/mol. The maximum absolute atomic E-state index is 10.3. The summed E-state index contributed by atoms with van der Waals surface area (Å²) in [5, 5.41) is 20.5. The Morgan fingerprint density at radius 1 is 0.571 bits per heavy atom. The van der Waals surface area contributed by atoms with E-state index in [1.807, 2.05) is 18.2 Å². The molecule has 0 radical (unpaired) electrons. The van der Waals surface area contributed by atoms with Crippen molar-refractivity contribution in [1.82, 2.24) is 15.0 Å². The van der Waals surface area contributed by atoms with Gasteiger partial charge in [-0.1, -0.05) is 56.1 Å². The fourth-order valence-corrected chi connectivity index (χ4v) is 4.05. The summed E-state index contributed by atoms with van der Waals surface area (Å²) in [5.74, 6) is 1.19. The van der Waals surface area contributed by atoms with E-state index >= 15 is 0 Å². The van der Waals surface area contributed by atoms with Gasteiger partial charge in [-0.15, -0.1) is 0 Å². The molecule has 0 unspecified atom stereocenters. The molecule has 0 aliphatic heterocycles. The van der Waals surface area contributed by atoms with E-state index in [4.69, 9.17) is 0 Å². The fraction of sp³-hybridized carbons (Fsp3) is 0. The SMILES string of the molecule is Oc1ccccc1-c1nc(-c2cc(Br)cc(Br)c2)nc(-c2ccccc2O)n1. The summed E-state index contributed by atoms with van der Waals surface area (Å²) in [4.78, 5) is 13.6. The van der Waals surface area contributed by atoms with Crippen LogP contribution >= 0.6 is 31.9 Å². The highest BCUT2D eigenvalue weighted by Gasteiger charge is 2.16. The van der Waals surface area contributed by atoms with Crippen LogP contribution < -0.4 is 0 Å². The maximum atomic E-state index is 10.3. The summed E-state index contributed by atoms with van der Waals surface area (Å²) in [6.45, 7) is 0. The number of aromatic hydroxyl groups is 2. The molecule has 1 heterocycles. The Bertz CT molecular complexity index is 1100. The van der Waals surface area contributed by atoms with Crippen LogP contribution in [0.25, 0.3) is 34.2 Å². The van der Waals surface area contributed by atoms with E-state index in [0.717, 1.165) is 14.5 Å². The number of nitrogens with zero attached hydrogens (tertiary/aromatic N) is 3. The minimum absolute atomic E-state index is 0.0679. The molecular formula is C21H13Br2N3O2. The molecule has 0 aliphatic rings. The maximum Gasteiger partial charge on any atom is 0.167 e. The largest absolute Gasteiger partial charge is 0.507 e. The van der Waals surface area contributed by atoms with Crippen LogP contribution in [-0.2, 0) is 0 Å². The Morgan fingerprint density at radius 3 is 1.46 bits per heavy atom. The van der Waals surface area contributed by atoms with Crippen molar-refractivity contribution in [1.29, 1.82) is 0 Å². The summed E-state index contributed by atoms with van der Waals surface area (Å²) in [6, 6.07) is 19.4. The van der Waals surface area contributed by atoms with Gasteiger partial charge in [0.05, 0.1) is 11.1 Å². The summed E-state index contributed by atoms with van der Waals surface area (Å²) in [7, 11) is 0. The molecule has 0 atom stereocenters.